The molecule has 0 aliphatic heterocycles. The topological polar surface area (TPSA) is 83.3 Å². The largest absolute Gasteiger partial charge is 0.497 e. The molecule has 0 N–H and O–H groups in total. The Balaban J connectivity index is 1.46. The van der Waals surface area contributed by atoms with Crippen LogP contribution in [0.15, 0.2) is 101 Å². The normalized spacial score (nSPS) is 14.5. The van der Waals surface area contributed by atoms with Crippen LogP contribution in [0.3, 0.4) is 0 Å². The number of carbonyl (C=O) groups is 1. The third-order valence-electron chi connectivity index (χ3n) is 7.72. The molecule has 5 aromatic rings. The lowest BCUT2D eigenvalue weighted by Gasteiger charge is -2.24. The highest BCUT2D eigenvalue weighted by molar-refractivity contribution is 7.85. The first-order chi connectivity index (χ1) is 20.6. The number of Topliss-reactive ketones (excluding diaryl/α,β-unsaturated/α-hetero) is 1. The van der Waals surface area contributed by atoms with Gasteiger partial charge < -0.3 is 14.0 Å². The first-order valence-corrected chi connectivity index (χ1v) is 15.5. The maximum absolute atomic E-state index is 14.0. The summed E-state index contributed by atoms with van der Waals surface area (Å²) in [4.78, 5) is 23.9. The Morgan fingerprint density at radius 3 is 2.40 bits per heavy atom. The van der Waals surface area contributed by atoms with Crippen molar-refractivity contribution in [1.82, 2.24) is 14.5 Å². The van der Waals surface area contributed by atoms with E-state index in [-0.39, 0.29) is 18.4 Å². The van der Waals surface area contributed by atoms with Crippen LogP contribution in [-0.4, -0.2) is 37.7 Å². The van der Waals surface area contributed by atoms with Gasteiger partial charge >= 0.3 is 0 Å². The maximum atomic E-state index is 14.0. The predicted molar refractivity (Wildman–Crippen MR) is 163 cm³/mol. The van der Waals surface area contributed by atoms with Crippen molar-refractivity contribution in [1.29, 1.82) is 0 Å². The number of imidazole rings is 1. The molecule has 0 saturated heterocycles. The van der Waals surface area contributed by atoms with Crippen molar-refractivity contribution in [3.63, 3.8) is 0 Å². The fourth-order valence-electron chi connectivity index (χ4n) is 5.47. The van der Waals surface area contributed by atoms with E-state index in [0.717, 1.165) is 42.6 Å². The van der Waals surface area contributed by atoms with Gasteiger partial charge in [-0.1, -0.05) is 36.8 Å². The van der Waals surface area contributed by atoms with Gasteiger partial charge in [-0.3, -0.25) is 9.78 Å². The van der Waals surface area contributed by atoms with Crippen LogP contribution in [0.25, 0.3) is 11.0 Å². The summed E-state index contributed by atoms with van der Waals surface area (Å²) >= 11 is 0. The molecule has 1 aliphatic rings. The number of benzene rings is 3. The number of hydrogen-bond donors (Lipinski definition) is 0. The summed E-state index contributed by atoms with van der Waals surface area (Å²) in [5.41, 5.74) is 3.13. The van der Waals surface area contributed by atoms with Gasteiger partial charge in [0.25, 0.3) is 0 Å². The Morgan fingerprint density at radius 2 is 1.69 bits per heavy atom. The third kappa shape index (κ3) is 6.14. The van der Waals surface area contributed by atoms with Crippen molar-refractivity contribution in [2.24, 2.45) is 0 Å². The Hall–Kier alpha value is -4.30. The fraction of sp³-hybridized carbons (Fsp3) is 0.265. The number of aromatic nitrogens is 3. The molecule has 3 aromatic carbocycles. The van der Waals surface area contributed by atoms with E-state index in [9.17, 15) is 9.00 Å². The van der Waals surface area contributed by atoms with E-state index in [2.05, 4.69) is 17.1 Å². The molecule has 7 nitrogen and oxygen atoms in total. The Kier molecular flexibility index (Phi) is 8.42. The number of ketones is 1. The van der Waals surface area contributed by atoms with Crippen LogP contribution in [0, 0.1) is 0 Å². The highest BCUT2D eigenvalue weighted by Crippen LogP contribution is 2.35. The summed E-state index contributed by atoms with van der Waals surface area (Å²) in [5, 5.41) is 0. The molecule has 1 fully saturated rings. The average molecular weight is 580 g/mol. The lowest BCUT2D eigenvalue weighted by Crippen LogP contribution is -2.20. The van der Waals surface area contributed by atoms with E-state index in [1.54, 1.807) is 55.9 Å². The molecule has 0 radical (unpaired) electrons. The van der Waals surface area contributed by atoms with Crippen molar-refractivity contribution in [3.8, 4) is 11.5 Å². The zero-order valence-electron chi connectivity index (χ0n) is 23.6. The summed E-state index contributed by atoms with van der Waals surface area (Å²) in [5.74, 6) is 1.99. The lowest BCUT2D eigenvalue weighted by molar-refractivity contribution is 0.0972. The van der Waals surface area contributed by atoms with Crippen LogP contribution in [0.2, 0.25) is 0 Å². The number of ether oxygens (including phenoxy) is 2. The predicted octanol–water partition coefficient (Wildman–Crippen LogP) is 6.79. The van der Waals surface area contributed by atoms with E-state index in [4.69, 9.17) is 14.5 Å². The molecule has 1 atom stereocenters. The van der Waals surface area contributed by atoms with Crippen LogP contribution in [0.1, 0.15) is 53.8 Å². The fourth-order valence-corrected chi connectivity index (χ4v) is 6.60. The quantitative estimate of drug-likeness (QED) is 0.169. The van der Waals surface area contributed by atoms with Gasteiger partial charge in [0.2, 0.25) is 0 Å². The van der Waals surface area contributed by atoms with Crippen LogP contribution in [0.4, 0.5) is 0 Å². The third-order valence-corrected chi connectivity index (χ3v) is 9.14. The minimum Gasteiger partial charge on any atom is -0.497 e. The molecular weight excluding hydrogens is 546 g/mol. The second kappa shape index (κ2) is 12.7. The molecule has 6 rings (SSSR count). The van der Waals surface area contributed by atoms with Gasteiger partial charge in [-0.15, -0.1) is 0 Å². The van der Waals surface area contributed by atoms with Gasteiger partial charge in [-0.05, 0) is 73.7 Å². The van der Waals surface area contributed by atoms with Gasteiger partial charge in [-0.2, -0.15) is 0 Å². The maximum Gasteiger partial charge on any atom is 0.182 e. The Morgan fingerprint density at radius 1 is 0.952 bits per heavy atom. The first-order valence-electron chi connectivity index (χ1n) is 14.3. The number of hydrogen-bond acceptors (Lipinski definition) is 6. The van der Waals surface area contributed by atoms with Crippen LogP contribution in [0.5, 0.6) is 11.5 Å². The SMILES string of the molecule is COc1ccc(C(=O)Cn2c(Cc3ccccc3)nc3cc(OC4CCCCC4)c(S(=O)c4ccncc4)cc32)cc1. The van der Waals surface area contributed by atoms with Crippen LogP contribution >= 0.6 is 0 Å². The van der Waals surface area contributed by atoms with Gasteiger partial charge in [0.1, 0.15) is 17.3 Å². The van der Waals surface area contributed by atoms with Gasteiger partial charge in [0, 0.05) is 35.3 Å². The minimum absolute atomic E-state index is 0.0504. The number of fused-ring (bicyclic) bond motifs is 1. The van der Waals surface area contributed by atoms with E-state index in [0.29, 0.717) is 38.8 Å². The molecule has 214 valence electrons. The average Bonchev–Trinajstić information content (AvgIpc) is 3.36. The molecule has 2 aromatic heterocycles. The van der Waals surface area contributed by atoms with Crippen molar-refractivity contribution < 1.29 is 18.5 Å². The Labute approximate surface area is 248 Å². The standard InChI is InChI=1S/C34H33N3O4S/c1-40-26-14-12-25(13-15-26)31(38)23-37-30-22-33(42(39)28-16-18-35-19-17-28)32(41-27-10-6-3-7-11-27)21-29(30)36-34(37)20-24-8-4-2-5-9-24/h2,4-5,8-9,12-19,21-22,27H,3,6-7,10-11,20,23H2,1H3. The van der Waals surface area contributed by atoms with E-state index >= 15 is 0 Å². The molecule has 2 heterocycles. The summed E-state index contributed by atoms with van der Waals surface area (Å²) < 4.78 is 27.7. The number of methoxy groups -OCH3 is 1. The number of rotatable bonds is 10. The van der Waals surface area contributed by atoms with E-state index < -0.39 is 10.8 Å². The van der Waals surface area contributed by atoms with E-state index in [1.807, 2.05) is 34.9 Å². The summed E-state index contributed by atoms with van der Waals surface area (Å²) in [6, 6.07) is 24.5. The van der Waals surface area contributed by atoms with Crippen molar-refractivity contribution in [3.05, 3.63) is 108 Å². The van der Waals surface area contributed by atoms with Crippen molar-refractivity contribution in [2.75, 3.05) is 7.11 Å². The van der Waals surface area contributed by atoms with Gasteiger partial charge in [0.05, 0.1) is 46.5 Å². The molecule has 0 bridgehead atoms. The number of carbonyl (C=O) groups excluding carboxylic acids is 1. The molecule has 1 saturated carbocycles. The number of nitrogens with zero attached hydrogens (tertiary/aromatic N) is 3. The molecule has 42 heavy (non-hydrogen) atoms. The molecule has 1 unspecified atom stereocenters. The summed E-state index contributed by atoms with van der Waals surface area (Å²) in [7, 11) is 0.0882. The zero-order chi connectivity index (χ0) is 28.9. The highest BCUT2D eigenvalue weighted by Gasteiger charge is 2.24. The monoisotopic (exact) mass is 579 g/mol. The lowest BCUT2D eigenvalue weighted by atomic mass is 9.98. The summed E-state index contributed by atoms with van der Waals surface area (Å²) in [6.07, 6.45) is 9.32. The smallest absolute Gasteiger partial charge is 0.182 e. The van der Waals surface area contributed by atoms with Crippen LogP contribution in [-0.2, 0) is 23.8 Å². The highest BCUT2D eigenvalue weighted by atomic mass is 32.2. The number of pyridine rings is 1. The molecular formula is C34H33N3O4S. The second-order valence-corrected chi connectivity index (χ2v) is 12.0. The molecule has 0 spiro atoms. The Bertz CT molecular complexity index is 1700. The van der Waals surface area contributed by atoms with Gasteiger partial charge in [-0.25, -0.2) is 9.19 Å². The first kappa shape index (κ1) is 27.8. The van der Waals surface area contributed by atoms with Crippen molar-refractivity contribution >= 4 is 27.6 Å². The molecule has 8 heteroatoms. The van der Waals surface area contributed by atoms with Crippen LogP contribution < -0.4 is 9.47 Å². The van der Waals surface area contributed by atoms with Crippen molar-refractivity contribution in [2.45, 2.75) is 61.0 Å². The van der Waals surface area contributed by atoms with Gasteiger partial charge in [0.15, 0.2) is 5.78 Å². The van der Waals surface area contributed by atoms with E-state index in [1.165, 1.54) is 6.42 Å². The minimum atomic E-state index is -1.51. The summed E-state index contributed by atoms with van der Waals surface area (Å²) in [6.45, 7) is 0.0924. The zero-order valence-corrected chi connectivity index (χ0v) is 24.4. The molecule has 0 amide bonds. The molecule has 1 aliphatic carbocycles. The second-order valence-electron chi connectivity index (χ2n) is 10.5.